The topological polar surface area (TPSA) is 37.4 Å². The molecule has 2 aromatic rings. The van der Waals surface area contributed by atoms with Crippen molar-refractivity contribution in [3.8, 4) is 0 Å². The second-order valence-electron chi connectivity index (χ2n) is 4.88. The number of carbonyl (C=O) groups is 2. The van der Waals surface area contributed by atoms with Crippen LogP contribution in [-0.4, -0.2) is 24.6 Å². The molecule has 0 N–H and O–H groups in total. The number of imide groups is 1. The molecular formula is C15H11BClNO2. The smallest absolute Gasteiger partial charge is 0.261 e. The van der Waals surface area contributed by atoms with Gasteiger partial charge in [-0.2, -0.15) is 0 Å². The first kappa shape index (κ1) is 12.9. The number of hydrogen-bond acceptors (Lipinski definition) is 2. The number of nitrogens with zero attached hydrogens (tertiary/aromatic N) is 1. The molecule has 1 heterocycles. The number of halogens is 1. The SMILES string of the molecule is Bc1cc(Cl)cc(CN2C(=O)c3ccccc3C2=O)c1. The second kappa shape index (κ2) is 4.80. The standard InChI is InChI=1S/C15H11BClNO2/c16-10-5-9(6-11(17)7-10)8-18-14(19)12-3-1-2-4-13(12)15(18)20/h1-7H,8,16H2. The highest BCUT2D eigenvalue weighted by Gasteiger charge is 2.34. The maximum atomic E-state index is 12.3. The van der Waals surface area contributed by atoms with Gasteiger partial charge >= 0.3 is 0 Å². The molecule has 0 saturated heterocycles. The maximum absolute atomic E-state index is 12.3. The van der Waals surface area contributed by atoms with Gasteiger partial charge in [-0.15, -0.1) is 0 Å². The predicted molar refractivity (Wildman–Crippen MR) is 80.3 cm³/mol. The van der Waals surface area contributed by atoms with E-state index in [1.807, 2.05) is 20.0 Å². The van der Waals surface area contributed by atoms with Crippen molar-refractivity contribution in [3.05, 3.63) is 64.2 Å². The van der Waals surface area contributed by atoms with E-state index >= 15 is 0 Å². The monoisotopic (exact) mass is 283 g/mol. The van der Waals surface area contributed by atoms with Crippen molar-refractivity contribution < 1.29 is 9.59 Å². The first-order valence-corrected chi connectivity index (χ1v) is 6.65. The van der Waals surface area contributed by atoms with Gasteiger partial charge in [0.05, 0.1) is 17.7 Å². The van der Waals surface area contributed by atoms with Crippen molar-refractivity contribution in [1.29, 1.82) is 0 Å². The summed E-state index contributed by atoms with van der Waals surface area (Å²) in [6, 6.07) is 12.4. The Morgan fingerprint density at radius 3 is 2.15 bits per heavy atom. The lowest BCUT2D eigenvalue weighted by molar-refractivity contribution is 0.0642. The Labute approximate surface area is 122 Å². The molecule has 3 rings (SSSR count). The number of benzene rings is 2. The fraction of sp³-hybridized carbons (Fsp3) is 0.0667. The van der Waals surface area contributed by atoms with Gasteiger partial charge in [-0.05, 0) is 29.8 Å². The third-order valence-electron chi connectivity index (χ3n) is 3.32. The van der Waals surface area contributed by atoms with Crippen LogP contribution in [0.1, 0.15) is 26.3 Å². The molecule has 98 valence electrons. The van der Waals surface area contributed by atoms with Crippen molar-refractivity contribution in [1.82, 2.24) is 4.90 Å². The summed E-state index contributed by atoms with van der Waals surface area (Å²) in [5.41, 5.74) is 2.79. The van der Waals surface area contributed by atoms with Crippen LogP contribution < -0.4 is 5.46 Å². The highest BCUT2D eigenvalue weighted by atomic mass is 35.5. The summed E-state index contributed by atoms with van der Waals surface area (Å²) in [6.07, 6.45) is 0. The Morgan fingerprint density at radius 2 is 1.60 bits per heavy atom. The number of carbonyl (C=O) groups excluding carboxylic acids is 2. The van der Waals surface area contributed by atoms with E-state index in [9.17, 15) is 9.59 Å². The molecule has 0 atom stereocenters. The van der Waals surface area contributed by atoms with Crippen molar-refractivity contribution in [3.63, 3.8) is 0 Å². The Morgan fingerprint density at radius 1 is 1.00 bits per heavy atom. The highest BCUT2D eigenvalue weighted by molar-refractivity contribution is 6.36. The van der Waals surface area contributed by atoms with Crippen LogP contribution in [0.2, 0.25) is 5.02 Å². The summed E-state index contributed by atoms with van der Waals surface area (Å²) >= 11 is 6.01. The average molecular weight is 284 g/mol. The molecule has 0 bridgehead atoms. The largest absolute Gasteiger partial charge is 0.270 e. The third kappa shape index (κ3) is 2.12. The first-order valence-electron chi connectivity index (χ1n) is 6.27. The van der Waals surface area contributed by atoms with E-state index in [1.54, 1.807) is 30.3 Å². The Kier molecular flexibility index (Phi) is 3.11. The molecule has 0 saturated carbocycles. The van der Waals surface area contributed by atoms with E-state index in [-0.39, 0.29) is 18.4 Å². The Hall–Kier alpha value is -2.07. The molecule has 0 radical (unpaired) electrons. The third-order valence-corrected chi connectivity index (χ3v) is 3.54. The van der Waals surface area contributed by atoms with Gasteiger partial charge in [0.25, 0.3) is 11.8 Å². The van der Waals surface area contributed by atoms with Gasteiger partial charge in [-0.3, -0.25) is 14.5 Å². The number of amides is 2. The van der Waals surface area contributed by atoms with E-state index in [2.05, 4.69) is 0 Å². The van der Waals surface area contributed by atoms with Crippen LogP contribution in [0, 0.1) is 0 Å². The molecule has 1 aliphatic rings. The zero-order valence-electron chi connectivity index (χ0n) is 10.9. The van der Waals surface area contributed by atoms with E-state index in [4.69, 9.17) is 11.6 Å². The van der Waals surface area contributed by atoms with Crippen molar-refractivity contribution in [2.24, 2.45) is 0 Å². The second-order valence-corrected chi connectivity index (χ2v) is 5.32. The summed E-state index contributed by atoms with van der Waals surface area (Å²) in [7, 11) is 1.93. The van der Waals surface area contributed by atoms with Crippen LogP contribution in [-0.2, 0) is 6.54 Å². The highest BCUT2D eigenvalue weighted by Crippen LogP contribution is 2.24. The molecule has 0 aliphatic carbocycles. The van der Waals surface area contributed by atoms with Gasteiger partial charge < -0.3 is 0 Å². The zero-order valence-corrected chi connectivity index (χ0v) is 11.6. The van der Waals surface area contributed by atoms with Crippen LogP contribution in [0.3, 0.4) is 0 Å². The van der Waals surface area contributed by atoms with Gasteiger partial charge in [0.2, 0.25) is 0 Å². The lowest BCUT2D eigenvalue weighted by Gasteiger charge is -2.14. The number of fused-ring (bicyclic) bond motifs is 1. The summed E-state index contributed by atoms with van der Waals surface area (Å²) in [6.45, 7) is 0.244. The summed E-state index contributed by atoms with van der Waals surface area (Å²) in [4.78, 5) is 25.8. The Balaban J connectivity index is 1.93. The summed E-state index contributed by atoms with van der Waals surface area (Å²) < 4.78 is 0. The fourth-order valence-electron chi connectivity index (χ4n) is 2.47. The van der Waals surface area contributed by atoms with Crippen LogP contribution >= 0.6 is 11.6 Å². The van der Waals surface area contributed by atoms with Crippen molar-refractivity contribution in [2.75, 3.05) is 0 Å². The molecule has 5 heteroatoms. The van der Waals surface area contributed by atoms with Crippen LogP contribution in [0.5, 0.6) is 0 Å². The average Bonchev–Trinajstić information content (AvgIpc) is 2.64. The molecule has 3 nitrogen and oxygen atoms in total. The normalized spacial score (nSPS) is 13.8. The van der Waals surface area contributed by atoms with Crippen LogP contribution in [0.15, 0.2) is 42.5 Å². The quantitative estimate of drug-likeness (QED) is 0.617. The van der Waals surface area contributed by atoms with Gasteiger partial charge in [0.1, 0.15) is 7.85 Å². The Bertz CT molecular complexity index is 674. The van der Waals surface area contributed by atoms with Gasteiger partial charge in [0, 0.05) is 5.02 Å². The minimum atomic E-state index is -0.247. The van der Waals surface area contributed by atoms with Gasteiger partial charge in [-0.25, -0.2) is 0 Å². The summed E-state index contributed by atoms with van der Waals surface area (Å²) in [5.74, 6) is -0.494. The summed E-state index contributed by atoms with van der Waals surface area (Å²) in [5, 5.41) is 0.608. The fourth-order valence-corrected chi connectivity index (χ4v) is 2.78. The predicted octanol–water partition coefficient (Wildman–Crippen LogP) is 1.39. The minimum Gasteiger partial charge on any atom is -0.270 e. The molecule has 20 heavy (non-hydrogen) atoms. The maximum Gasteiger partial charge on any atom is 0.261 e. The lowest BCUT2D eigenvalue weighted by Crippen LogP contribution is -2.29. The molecule has 0 aromatic heterocycles. The molecule has 2 aromatic carbocycles. The molecular weight excluding hydrogens is 272 g/mol. The molecule has 0 unspecified atom stereocenters. The van der Waals surface area contributed by atoms with E-state index in [0.29, 0.717) is 16.1 Å². The van der Waals surface area contributed by atoms with E-state index in [0.717, 1.165) is 11.0 Å². The number of rotatable bonds is 2. The van der Waals surface area contributed by atoms with Crippen molar-refractivity contribution in [2.45, 2.75) is 6.54 Å². The molecule has 1 aliphatic heterocycles. The molecule has 0 spiro atoms. The van der Waals surface area contributed by atoms with Gasteiger partial charge in [0.15, 0.2) is 0 Å². The molecule has 0 fully saturated rings. The van der Waals surface area contributed by atoms with Crippen LogP contribution in [0.4, 0.5) is 0 Å². The first-order chi connectivity index (χ1) is 9.56. The van der Waals surface area contributed by atoms with Crippen LogP contribution in [0.25, 0.3) is 0 Å². The number of hydrogen-bond donors (Lipinski definition) is 0. The lowest BCUT2D eigenvalue weighted by atomic mass is 9.94. The zero-order chi connectivity index (χ0) is 14.3. The van der Waals surface area contributed by atoms with E-state index < -0.39 is 0 Å². The molecule has 2 amide bonds. The minimum absolute atomic E-state index is 0.244. The van der Waals surface area contributed by atoms with E-state index in [1.165, 1.54) is 4.90 Å². The van der Waals surface area contributed by atoms with Crippen molar-refractivity contribution >= 4 is 36.7 Å². The van der Waals surface area contributed by atoms with Gasteiger partial charge in [-0.1, -0.05) is 35.3 Å².